The van der Waals surface area contributed by atoms with Crippen LogP contribution in [0.25, 0.3) is 0 Å². The molecule has 0 aliphatic rings. The predicted octanol–water partition coefficient (Wildman–Crippen LogP) is 1.39. The maximum absolute atomic E-state index is 11.5. The van der Waals surface area contributed by atoms with E-state index in [1.165, 1.54) is 0 Å². The Morgan fingerprint density at radius 1 is 1.65 bits per heavy atom. The van der Waals surface area contributed by atoms with Gasteiger partial charge in [0.2, 0.25) is 0 Å². The minimum atomic E-state index is -0.347. The van der Waals surface area contributed by atoms with E-state index in [2.05, 4.69) is 17.3 Å². The summed E-state index contributed by atoms with van der Waals surface area (Å²) in [5.74, 6) is 4.76. The molecule has 1 aromatic rings. The highest BCUT2D eigenvalue weighted by atomic mass is 16.5. The summed E-state index contributed by atoms with van der Waals surface area (Å²) in [6.07, 6.45) is 3.86. The number of nitrogens with zero attached hydrogens (tertiary/aromatic N) is 1. The number of pyridine rings is 1. The third kappa shape index (κ3) is 4.13. The molecule has 0 aromatic carbocycles. The Morgan fingerprint density at radius 2 is 2.41 bits per heavy atom. The van der Waals surface area contributed by atoms with Crippen molar-refractivity contribution < 1.29 is 9.53 Å². The molecule has 1 aromatic heterocycles. The van der Waals surface area contributed by atoms with Crippen LogP contribution >= 0.6 is 0 Å². The van der Waals surface area contributed by atoms with Crippen LogP contribution < -0.4 is 11.3 Å². The molecule has 1 rings (SSSR count). The molecule has 1 atom stereocenters. The molecule has 0 saturated carbocycles. The van der Waals surface area contributed by atoms with Crippen LogP contribution in [0.4, 0.5) is 0 Å². The lowest BCUT2D eigenvalue weighted by Crippen LogP contribution is -2.31. The van der Waals surface area contributed by atoms with E-state index in [1.54, 1.807) is 18.3 Å². The van der Waals surface area contributed by atoms with E-state index in [-0.39, 0.29) is 12.0 Å². The zero-order chi connectivity index (χ0) is 12.7. The molecule has 0 fully saturated rings. The third-order valence-electron chi connectivity index (χ3n) is 2.47. The fourth-order valence-corrected chi connectivity index (χ4v) is 1.55. The van der Waals surface area contributed by atoms with Crippen LogP contribution in [0, 0.1) is 0 Å². The van der Waals surface area contributed by atoms with E-state index >= 15 is 0 Å². The first-order valence-corrected chi connectivity index (χ1v) is 5.75. The number of carbonyl (C=O) groups is 1. The van der Waals surface area contributed by atoms with Gasteiger partial charge in [-0.2, -0.15) is 0 Å². The van der Waals surface area contributed by atoms with Gasteiger partial charge < -0.3 is 4.74 Å². The summed E-state index contributed by atoms with van der Waals surface area (Å²) >= 11 is 0. The number of hydrogen-bond donors (Lipinski definition) is 2. The molecule has 0 aliphatic carbocycles. The second-order valence-electron chi connectivity index (χ2n) is 3.88. The zero-order valence-electron chi connectivity index (χ0n) is 10.3. The van der Waals surface area contributed by atoms with E-state index in [0.717, 1.165) is 12.8 Å². The molecule has 0 saturated heterocycles. The van der Waals surface area contributed by atoms with Gasteiger partial charge in [0.25, 0.3) is 5.91 Å². The van der Waals surface area contributed by atoms with Gasteiger partial charge in [0.1, 0.15) is 0 Å². The molecule has 0 radical (unpaired) electrons. The van der Waals surface area contributed by atoms with Gasteiger partial charge >= 0.3 is 0 Å². The van der Waals surface area contributed by atoms with E-state index < -0.39 is 0 Å². The second kappa shape index (κ2) is 6.98. The van der Waals surface area contributed by atoms with Gasteiger partial charge in [-0.25, -0.2) is 5.84 Å². The molecule has 1 amide bonds. The van der Waals surface area contributed by atoms with Crippen LogP contribution in [0.5, 0.6) is 0 Å². The van der Waals surface area contributed by atoms with E-state index in [0.29, 0.717) is 17.9 Å². The molecule has 0 bridgehead atoms. The lowest BCUT2D eigenvalue weighted by atomic mass is 10.2. The van der Waals surface area contributed by atoms with E-state index in [4.69, 9.17) is 10.6 Å². The summed E-state index contributed by atoms with van der Waals surface area (Å²) in [5.41, 5.74) is 3.17. The number of hydrazine groups is 1. The van der Waals surface area contributed by atoms with Crippen LogP contribution in [-0.4, -0.2) is 17.0 Å². The van der Waals surface area contributed by atoms with Gasteiger partial charge in [0, 0.05) is 6.20 Å². The Bertz CT molecular complexity index is 369. The summed E-state index contributed by atoms with van der Waals surface area (Å²) in [4.78, 5) is 15.6. The highest BCUT2D eigenvalue weighted by Crippen LogP contribution is 2.09. The van der Waals surface area contributed by atoms with Gasteiger partial charge in [-0.05, 0) is 25.5 Å². The van der Waals surface area contributed by atoms with Gasteiger partial charge in [-0.1, -0.05) is 13.3 Å². The van der Waals surface area contributed by atoms with Crippen LogP contribution in [-0.2, 0) is 11.3 Å². The van der Waals surface area contributed by atoms with E-state index in [9.17, 15) is 4.79 Å². The standard InChI is InChI=1S/C12H19N3O2/c1-3-5-9(2)17-8-11-10(12(16)15-13)6-4-7-14-11/h4,6-7,9H,3,5,8,13H2,1-2H3,(H,15,16). The number of rotatable bonds is 6. The Morgan fingerprint density at radius 3 is 3.06 bits per heavy atom. The normalized spacial score (nSPS) is 12.2. The highest BCUT2D eigenvalue weighted by Gasteiger charge is 2.11. The number of hydrogen-bond acceptors (Lipinski definition) is 4. The number of nitrogens with one attached hydrogen (secondary N) is 1. The number of nitrogens with two attached hydrogens (primary N) is 1. The number of ether oxygens (including phenoxy) is 1. The summed E-state index contributed by atoms with van der Waals surface area (Å²) in [7, 11) is 0. The van der Waals surface area contributed by atoms with Crippen molar-refractivity contribution in [2.24, 2.45) is 5.84 Å². The molecule has 94 valence electrons. The topological polar surface area (TPSA) is 77.2 Å². The van der Waals surface area contributed by atoms with E-state index in [1.807, 2.05) is 6.92 Å². The molecule has 1 unspecified atom stereocenters. The largest absolute Gasteiger partial charge is 0.372 e. The van der Waals surface area contributed by atoms with Gasteiger partial charge in [-0.15, -0.1) is 0 Å². The Hall–Kier alpha value is -1.46. The number of amides is 1. The van der Waals surface area contributed by atoms with Crippen molar-refractivity contribution >= 4 is 5.91 Å². The minimum absolute atomic E-state index is 0.163. The third-order valence-corrected chi connectivity index (χ3v) is 2.47. The molecular formula is C12H19N3O2. The maximum Gasteiger partial charge on any atom is 0.267 e. The van der Waals surface area contributed by atoms with Gasteiger partial charge in [0.05, 0.1) is 24.0 Å². The van der Waals surface area contributed by atoms with Crippen molar-refractivity contribution in [3.05, 3.63) is 29.6 Å². The number of carbonyl (C=O) groups excluding carboxylic acids is 1. The Balaban J connectivity index is 2.67. The molecule has 0 aliphatic heterocycles. The number of nitrogen functional groups attached to an aromatic ring is 1. The van der Waals surface area contributed by atoms with Crippen molar-refractivity contribution in [3.63, 3.8) is 0 Å². The van der Waals surface area contributed by atoms with Crippen LogP contribution in [0.1, 0.15) is 42.7 Å². The van der Waals surface area contributed by atoms with Gasteiger partial charge in [0.15, 0.2) is 0 Å². The van der Waals surface area contributed by atoms with Crippen LogP contribution in [0.3, 0.4) is 0 Å². The molecule has 5 nitrogen and oxygen atoms in total. The average Bonchev–Trinajstić information content (AvgIpc) is 2.36. The maximum atomic E-state index is 11.5. The molecule has 0 spiro atoms. The monoisotopic (exact) mass is 237 g/mol. The van der Waals surface area contributed by atoms with Crippen molar-refractivity contribution in [2.75, 3.05) is 0 Å². The summed E-state index contributed by atoms with van der Waals surface area (Å²) < 4.78 is 5.62. The van der Waals surface area contributed by atoms with Crippen molar-refractivity contribution in [1.82, 2.24) is 10.4 Å². The lowest BCUT2D eigenvalue weighted by molar-refractivity contribution is 0.0445. The smallest absolute Gasteiger partial charge is 0.267 e. The average molecular weight is 237 g/mol. The minimum Gasteiger partial charge on any atom is -0.372 e. The second-order valence-corrected chi connectivity index (χ2v) is 3.88. The first-order chi connectivity index (χ1) is 8.19. The molecule has 3 N–H and O–H groups in total. The summed E-state index contributed by atoms with van der Waals surface area (Å²) in [6.45, 7) is 4.44. The van der Waals surface area contributed by atoms with Crippen LogP contribution in [0.15, 0.2) is 18.3 Å². The molecular weight excluding hydrogens is 218 g/mol. The SMILES string of the molecule is CCCC(C)OCc1ncccc1C(=O)NN. The Kier molecular flexibility index (Phi) is 5.59. The highest BCUT2D eigenvalue weighted by molar-refractivity contribution is 5.94. The molecule has 1 heterocycles. The summed E-state index contributed by atoms with van der Waals surface area (Å²) in [6, 6.07) is 3.38. The fraction of sp³-hybridized carbons (Fsp3) is 0.500. The van der Waals surface area contributed by atoms with Crippen molar-refractivity contribution in [1.29, 1.82) is 0 Å². The first-order valence-electron chi connectivity index (χ1n) is 5.75. The molecule has 17 heavy (non-hydrogen) atoms. The Labute approximate surface area is 101 Å². The zero-order valence-corrected chi connectivity index (χ0v) is 10.3. The van der Waals surface area contributed by atoms with Crippen molar-refractivity contribution in [2.45, 2.75) is 39.4 Å². The number of aromatic nitrogens is 1. The quantitative estimate of drug-likeness (QED) is 0.445. The molecule has 5 heteroatoms. The fourth-order valence-electron chi connectivity index (χ4n) is 1.55. The predicted molar refractivity (Wildman–Crippen MR) is 65.0 cm³/mol. The summed E-state index contributed by atoms with van der Waals surface area (Å²) in [5, 5.41) is 0. The van der Waals surface area contributed by atoms with Crippen molar-refractivity contribution in [3.8, 4) is 0 Å². The van der Waals surface area contributed by atoms with Gasteiger partial charge in [-0.3, -0.25) is 15.2 Å². The van der Waals surface area contributed by atoms with Crippen LogP contribution in [0.2, 0.25) is 0 Å². The first kappa shape index (κ1) is 13.6. The lowest BCUT2D eigenvalue weighted by Gasteiger charge is -2.13.